The second kappa shape index (κ2) is 11.6. The molecule has 2 aromatic carbocycles. The normalized spacial score (nSPS) is 14.0. The van der Waals surface area contributed by atoms with Gasteiger partial charge in [-0.25, -0.2) is 4.79 Å². The second-order valence-corrected chi connectivity index (χ2v) is 8.79. The molecule has 0 unspecified atom stereocenters. The minimum Gasteiger partial charge on any atom is -0.456 e. The first-order chi connectivity index (χ1) is 15.9. The van der Waals surface area contributed by atoms with Gasteiger partial charge in [-0.15, -0.1) is 0 Å². The lowest BCUT2D eigenvalue weighted by molar-refractivity contribution is -0.126. The van der Waals surface area contributed by atoms with E-state index in [1.54, 1.807) is 13.2 Å². The summed E-state index contributed by atoms with van der Waals surface area (Å²) in [6.45, 7) is 4.08. The largest absolute Gasteiger partial charge is 0.456 e. The zero-order valence-electron chi connectivity index (χ0n) is 19.4. The molecule has 0 aliphatic carbocycles. The average molecular weight is 449 g/mol. The van der Waals surface area contributed by atoms with Crippen molar-refractivity contribution in [1.29, 1.82) is 0 Å². The number of ether oxygens (including phenoxy) is 1. The lowest BCUT2D eigenvalue weighted by Crippen LogP contribution is -2.38. The van der Waals surface area contributed by atoms with Gasteiger partial charge in [-0.2, -0.15) is 0 Å². The molecule has 0 fully saturated rings. The Balaban J connectivity index is 1.85. The van der Waals surface area contributed by atoms with Gasteiger partial charge in [0, 0.05) is 37.2 Å². The molecular formula is C27H32N2O4. The van der Waals surface area contributed by atoms with E-state index in [1.807, 2.05) is 68.4 Å². The summed E-state index contributed by atoms with van der Waals surface area (Å²) in [5, 5.41) is 15.4. The first-order valence-corrected chi connectivity index (χ1v) is 11.4. The lowest BCUT2D eigenvalue weighted by Gasteiger charge is -2.27. The first kappa shape index (κ1) is 24.4. The van der Waals surface area contributed by atoms with Gasteiger partial charge in [-0.05, 0) is 29.7 Å². The molecule has 0 aliphatic rings. The maximum Gasteiger partial charge on any atom is 0.340 e. The van der Waals surface area contributed by atoms with Gasteiger partial charge in [0.15, 0.2) is 0 Å². The molecule has 6 heteroatoms. The van der Waals surface area contributed by atoms with Crippen molar-refractivity contribution in [1.82, 2.24) is 10.3 Å². The third kappa shape index (κ3) is 6.62. The monoisotopic (exact) mass is 448 g/mol. The average Bonchev–Trinajstić information content (AvgIpc) is 2.82. The van der Waals surface area contributed by atoms with E-state index in [2.05, 4.69) is 10.3 Å². The smallest absolute Gasteiger partial charge is 0.340 e. The molecule has 1 aromatic heterocycles. The van der Waals surface area contributed by atoms with E-state index >= 15 is 0 Å². The van der Waals surface area contributed by atoms with Crippen LogP contribution in [0.1, 0.15) is 42.6 Å². The highest BCUT2D eigenvalue weighted by Gasteiger charge is 2.30. The van der Waals surface area contributed by atoms with Crippen molar-refractivity contribution in [2.24, 2.45) is 11.8 Å². The summed E-state index contributed by atoms with van der Waals surface area (Å²) in [7, 11) is 1.59. The summed E-state index contributed by atoms with van der Waals surface area (Å²) in [6.07, 6.45) is 2.56. The summed E-state index contributed by atoms with van der Waals surface area (Å²) in [5.41, 5.74) is 1.29. The molecule has 0 aliphatic heterocycles. The predicted octanol–water partition coefficient (Wildman–Crippen LogP) is 4.16. The first-order valence-electron chi connectivity index (χ1n) is 11.4. The molecule has 1 amide bonds. The summed E-state index contributed by atoms with van der Waals surface area (Å²) >= 11 is 0. The number of rotatable bonds is 10. The summed E-state index contributed by atoms with van der Waals surface area (Å²) < 4.78 is 5.87. The third-order valence-electron chi connectivity index (χ3n) is 5.75. The number of aliphatic hydroxyl groups excluding tert-OH is 1. The molecular weight excluding hydrogens is 416 g/mol. The summed E-state index contributed by atoms with van der Waals surface area (Å²) in [5.74, 6) is -0.747. The van der Waals surface area contributed by atoms with Gasteiger partial charge in [-0.1, -0.05) is 68.4 Å². The third-order valence-corrected chi connectivity index (χ3v) is 5.75. The molecule has 0 saturated heterocycles. The standard InChI is InChI=1S/C27H32N2O4/c1-18(2)13-21(26(31)28-3)15-24(30)25(14-19-9-5-4-6-10-19)33-27(32)23-17-29-16-20-11-7-8-12-22(20)23/h4-12,16-18,21,24-25,30H,13-15H2,1-3H3,(H,28,31)/t21-,24+,25+/m1/s1. The van der Waals surface area contributed by atoms with Crippen LogP contribution in [0.5, 0.6) is 0 Å². The molecule has 2 N–H and O–H groups in total. The molecule has 3 rings (SSSR count). The summed E-state index contributed by atoms with van der Waals surface area (Å²) in [4.78, 5) is 29.7. The maximum absolute atomic E-state index is 13.2. The second-order valence-electron chi connectivity index (χ2n) is 8.79. The molecule has 1 heterocycles. The van der Waals surface area contributed by atoms with Gasteiger partial charge in [0.2, 0.25) is 5.91 Å². The highest BCUT2D eigenvalue weighted by atomic mass is 16.6. The molecule has 0 saturated carbocycles. The molecule has 0 bridgehead atoms. The topological polar surface area (TPSA) is 88.5 Å². The number of amides is 1. The van der Waals surface area contributed by atoms with Crippen LogP contribution in [-0.4, -0.2) is 41.2 Å². The predicted molar refractivity (Wildman–Crippen MR) is 129 cm³/mol. The van der Waals surface area contributed by atoms with E-state index < -0.39 is 18.2 Å². The van der Waals surface area contributed by atoms with E-state index in [0.29, 0.717) is 18.4 Å². The van der Waals surface area contributed by atoms with Gasteiger partial charge >= 0.3 is 5.97 Å². The van der Waals surface area contributed by atoms with Crippen molar-refractivity contribution in [3.8, 4) is 0 Å². The quantitative estimate of drug-likeness (QED) is 0.455. The number of aromatic nitrogens is 1. The fourth-order valence-corrected chi connectivity index (χ4v) is 4.11. The number of nitrogens with one attached hydrogen (secondary N) is 1. The van der Waals surface area contributed by atoms with E-state index in [-0.39, 0.29) is 24.2 Å². The zero-order valence-corrected chi connectivity index (χ0v) is 19.4. The van der Waals surface area contributed by atoms with Crippen LogP contribution in [0.15, 0.2) is 67.0 Å². The Hall–Kier alpha value is -3.25. The Labute approximate surface area is 195 Å². The molecule has 33 heavy (non-hydrogen) atoms. The Kier molecular flexibility index (Phi) is 8.55. The fraction of sp³-hybridized carbons (Fsp3) is 0.370. The Bertz CT molecular complexity index is 1060. The van der Waals surface area contributed by atoms with E-state index in [0.717, 1.165) is 16.3 Å². The number of hydrogen-bond donors (Lipinski definition) is 2. The Morgan fingerprint density at radius 1 is 1.00 bits per heavy atom. The Morgan fingerprint density at radius 3 is 2.39 bits per heavy atom. The molecule has 3 aromatic rings. The van der Waals surface area contributed by atoms with Crippen LogP contribution in [0.2, 0.25) is 0 Å². The van der Waals surface area contributed by atoms with Crippen molar-refractivity contribution < 1.29 is 19.4 Å². The van der Waals surface area contributed by atoms with Crippen LogP contribution in [0.3, 0.4) is 0 Å². The summed E-state index contributed by atoms with van der Waals surface area (Å²) in [6, 6.07) is 17.0. The van der Waals surface area contributed by atoms with Gasteiger partial charge in [-0.3, -0.25) is 9.78 Å². The molecule has 3 atom stereocenters. The lowest BCUT2D eigenvalue weighted by atomic mass is 9.88. The molecule has 174 valence electrons. The number of carbonyl (C=O) groups is 2. The number of hydrogen-bond acceptors (Lipinski definition) is 5. The highest BCUT2D eigenvalue weighted by Crippen LogP contribution is 2.24. The van der Waals surface area contributed by atoms with Gasteiger partial charge in [0.25, 0.3) is 0 Å². The van der Waals surface area contributed by atoms with Crippen molar-refractivity contribution in [3.05, 3.63) is 78.1 Å². The minimum absolute atomic E-state index is 0.120. The van der Waals surface area contributed by atoms with Crippen molar-refractivity contribution >= 4 is 22.6 Å². The number of aliphatic hydroxyl groups is 1. The number of esters is 1. The number of nitrogens with zero attached hydrogens (tertiary/aromatic N) is 1. The number of fused-ring (bicyclic) bond motifs is 1. The highest BCUT2D eigenvalue weighted by molar-refractivity contribution is 6.03. The number of carbonyl (C=O) groups excluding carboxylic acids is 2. The van der Waals surface area contributed by atoms with Crippen molar-refractivity contribution in [3.63, 3.8) is 0 Å². The van der Waals surface area contributed by atoms with Crippen LogP contribution in [-0.2, 0) is 16.0 Å². The minimum atomic E-state index is -1.00. The van der Waals surface area contributed by atoms with E-state index in [4.69, 9.17) is 4.74 Å². The van der Waals surface area contributed by atoms with Crippen molar-refractivity contribution in [2.45, 2.75) is 45.3 Å². The Morgan fingerprint density at radius 2 is 1.70 bits per heavy atom. The molecule has 0 spiro atoms. The maximum atomic E-state index is 13.2. The zero-order chi connectivity index (χ0) is 23.8. The molecule has 6 nitrogen and oxygen atoms in total. The van der Waals surface area contributed by atoms with Crippen molar-refractivity contribution in [2.75, 3.05) is 7.05 Å². The van der Waals surface area contributed by atoms with Crippen LogP contribution in [0.25, 0.3) is 10.8 Å². The van der Waals surface area contributed by atoms with Gasteiger partial charge in [0.05, 0.1) is 11.7 Å². The van der Waals surface area contributed by atoms with E-state index in [9.17, 15) is 14.7 Å². The van der Waals surface area contributed by atoms with Gasteiger partial charge in [0.1, 0.15) is 6.10 Å². The van der Waals surface area contributed by atoms with E-state index in [1.165, 1.54) is 6.20 Å². The van der Waals surface area contributed by atoms with Crippen LogP contribution in [0, 0.1) is 11.8 Å². The van der Waals surface area contributed by atoms with Crippen LogP contribution < -0.4 is 5.32 Å². The SMILES string of the molecule is CNC(=O)[C@H](CC(C)C)C[C@H](O)[C@H](Cc1ccccc1)OC(=O)c1cncc2ccccc12. The fourth-order valence-electron chi connectivity index (χ4n) is 4.11. The number of benzene rings is 2. The molecule has 0 radical (unpaired) electrons. The van der Waals surface area contributed by atoms with Gasteiger partial charge < -0.3 is 15.2 Å². The van der Waals surface area contributed by atoms with Crippen LogP contribution in [0.4, 0.5) is 0 Å². The van der Waals surface area contributed by atoms with Crippen LogP contribution >= 0.6 is 0 Å². The number of pyridine rings is 1.